The molecule has 0 unspecified atom stereocenters. The lowest BCUT2D eigenvalue weighted by Gasteiger charge is -2.03. The summed E-state index contributed by atoms with van der Waals surface area (Å²) < 4.78 is 5.26. The maximum atomic E-state index is 12.1. The molecule has 2 aromatic carbocycles. The quantitative estimate of drug-likeness (QED) is 0.609. The van der Waals surface area contributed by atoms with Crippen molar-refractivity contribution in [2.75, 3.05) is 0 Å². The first-order valence-electron chi connectivity index (χ1n) is 5.28. The van der Waals surface area contributed by atoms with Crippen molar-refractivity contribution in [2.24, 2.45) is 0 Å². The van der Waals surface area contributed by atoms with Crippen LogP contribution in [-0.4, -0.2) is 5.11 Å². The van der Waals surface area contributed by atoms with Gasteiger partial charge in [0.15, 0.2) is 0 Å². The lowest BCUT2D eigenvalue weighted by atomic mass is 10.0. The van der Waals surface area contributed by atoms with Crippen LogP contribution in [-0.2, 0) is 0 Å². The van der Waals surface area contributed by atoms with E-state index in [9.17, 15) is 9.90 Å². The summed E-state index contributed by atoms with van der Waals surface area (Å²) in [6.45, 7) is 0. The van der Waals surface area contributed by atoms with Crippen LogP contribution >= 0.6 is 0 Å². The molecule has 86 valence electrons. The summed E-state index contributed by atoms with van der Waals surface area (Å²) in [4.78, 5) is 12.1. The van der Waals surface area contributed by atoms with Crippen molar-refractivity contribution in [3.8, 4) is 11.8 Å². The Hall–Kier alpha value is -2.80. The zero-order valence-corrected chi connectivity index (χ0v) is 9.18. The summed E-state index contributed by atoms with van der Waals surface area (Å²) in [5.74, 6) is 0.0664. The molecule has 0 saturated carbocycles. The van der Waals surface area contributed by atoms with Gasteiger partial charge in [-0.25, -0.2) is 0 Å². The fourth-order valence-electron chi connectivity index (χ4n) is 2.01. The highest BCUT2D eigenvalue weighted by Gasteiger charge is 2.10. The molecule has 1 N–H and O–H groups in total. The molecule has 0 atom stereocenters. The fraction of sp³-hybridized carbons (Fsp3) is 0. The average molecular weight is 237 g/mol. The van der Waals surface area contributed by atoms with Crippen LogP contribution in [0.5, 0.6) is 5.75 Å². The van der Waals surface area contributed by atoms with Gasteiger partial charge in [0.05, 0.1) is 5.39 Å². The van der Waals surface area contributed by atoms with E-state index in [-0.39, 0.29) is 16.7 Å². The van der Waals surface area contributed by atoms with E-state index in [1.807, 2.05) is 0 Å². The van der Waals surface area contributed by atoms with Gasteiger partial charge in [-0.15, -0.1) is 0 Å². The monoisotopic (exact) mass is 237 g/mol. The van der Waals surface area contributed by atoms with Crippen LogP contribution in [0.3, 0.4) is 0 Å². The largest absolute Gasteiger partial charge is 0.508 e. The molecule has 0 aliphatic rings. The van der Waals surface area contributed by atoms with Crippen molar-refractivity contribution in [2.45, 2.75) is 0 Å². The number of phenolic OH excluding ortho intramolecular Hbond substituents is 1. The van der Waals surface area contributed by atoms with Crippen LogP contribution in [0.2, 0.25) is 0 Å². The molecular weight excluding hydrogens is 230 g/mol. The highest BCUT2D eigenvalue weighted by molar-refractivity contribution is 6.06. The molecule has 4 nitrogen and oxygen atoms in total. The van der Waals surface area contributed by atoms with Gasteiger partial charge in [-0.3, -0.25) is 4.79 Å². The number of hydrogen-bond acceptors (Lipinski definition) is 4. The van der Waals surface area contributed by atoms with Crippen molar-refractivity contribution in [1.82, 2.24) is 0 Å². The summed E-state index contributed by atoms with van der Waals surface area (Å²) in [5.41, 5.74) is -0.0228. The molecule has 18 heavy (non-hydrogen) atoms. The molecule has 4 heteroatoms. The molecule has 3 aromatic rings. The third-order valence-corrected chi connectivity index (χ3v) is 2.86. The molecule has 0 aliphatic carbocycles. The van der Waals surface area contributed by atoms with Gasteiger partial charge in [0.2, 0.25) is 5.43 Å². The maximum absolute atomic E-state index is 12.1. The van der Waals surface area contributed by atoms with Gasteiger partial charge < -0.3 is 9.52 Å². The molecule has 0 bridgehead atoms. The summed E-state index contributed by atoms with van der Waals surface area (Å²) in [6, 6.07) is 10.0. The number of benzene rings is 2. The van der Waals surface area contributed by atoms with Crippen LogP contribution in [0.1, 0.15) is 5.56 Å². The normalized spacial score (nSPS) is 10.6. The van der Waals surface area contributed by atoms with Gasteiger partial charge in [0.1, 0.15) is 29.2 Å². The summed E-state index contributed by atoms with van der Waals surface area (Å²) in [7, 11) is 0. The second-order valence-corrected chi connectivity index (χ2v) is 3.93. The van der Waals surface area contributed by atoms with E-state index in [4.69, 9.17) is 9.68 Å². The second kappa shape index (κ2) is 3.60. The van der Waals surface area contributed by atoms with Crippen molar-refractivity contribution in [3.63, 3.8) is 0 Å². The Morgan fingerprint density at radius 2 is 2.00 bits per heavy atom. The number of aromatic hydroxyl groups is 1. The molecule has 0 spiro atoms. The van der Waals surface area contributed by atoms with Crippen molar-refractivity contribution >= 4 is 21.7 Å². The van der Waals surface area contributed by atoms with Crippen LogP contribution in [0.4, 0.5) is 0 Å². The average Bonchev–Trinajstić information content (AvgIpc) is 2.38. The Bertz CT molecular complexity index is 872. The Morgan fingerprint density at radius 1 is 1.22 bits per heavy atom. The van der Waals surface area contributed by atoms with Gasteiger partial charge in [-0.1, -0.05) is 12.1 Å². The minimum Gasteiger partial charge on any atom is -0.508 e. The minimum absolute atomic E-state index is 0.0432. The Morgan fingerprint density at radius 3 is 2.78 bits per heavy atom. The summed E-state index contributed by atoms with van der Waals surface area (Å²) in [6.07, 6.45) is 1.15. The van der Waals surface area contributed by atoms with E-state index < -0.39 is 0 Å². The molecule has 0 amide bonds. The van der Waals surface area contributed by atoms with Gasteiger partial charge in [-0.2, -0.15) is 5.26 Å². The molecule has 3 rings (SSSR count). The van der Waals surface area contributed by atoms with Crippen LogP contribution in [0, 0.1) is 11.3 Å². The van der Waals surface area contributed by atoms with E-state index in [1.165, 1.54) is 6.07 Å². The number of nitriles is 1. The molecule has 1 aromatic heterocycles. The lowest BCUT2D eigenvalue weighted by Crippen LogP contribution is -2.05. The van der Waals surface area contributed by atoms with Gasteiger partial charge in [-0.05, 0) is 23.6 Å². The molecule has 0 radical (unpaired) electrons. The lowest BCUT2D eigenvalue weighted by molar-refractivity contribution is 0.476. The van der Waals surface area contributed by atoms with Gasteiger partial charge in [0, 0.05) is 5.39 Å². The molecular formula is C14H7NO3. The predicted octanol–water partition coefficient (Wildman–Crippen LogP) is 2.52. The molecule has 0 aliphatic heterocycles. The number of nitrogens with zero attached hydrogens (tertiary/aromatic N) is 1. The van der Waals surface area contributed by atoms with Crippen molar-refractivity contribution < 1.29 is 9.52 Å². The van der Waals surface area contributed by atoms with E-state index >= 15 is 0 Å². The van der Waals surface area contributed by atoms with Gasteiger partial charge >= 0.3 is 0 Å². The number of hydrogen-bond donors (Lipinski definition) is 1. The fourth-order valence-corrected chi connectivity index (χ4v) is 2.01. The topological polar surface area (TPSA) is 74.2 Å². The maximum Gasteiger partial charge on any atom is 0.211 e. The zero-order chi connectivity index (χ0) is 12.7. The van der Waals surface area contributed by atoms with Crippen molar-refractivity contribution in [3.05, 3.63) is 52.4 Å². The van der Waals surface area contributed by atoms with E-state index in [2.05, 4.69) is 0 Å². The highest BCUT2D eigenvalue weighted by atomic mass is 16.3. The predicted molar refractivity (Wildman–Crippen MR) is 66.4 cm³/mol. The third-order valence-electron chi connectivity index (χ3n) is 2.86. The third kappa shape index (κ3) is 1.35. The Balaban J connectivity index is 2.64. The minimum atomic E-state index is -0.380. The first-order chi connectivity index (χ1) is 8.70. The van der Waals surface area contributed by atoms with Crippen LogP contribution in [0.15, 0.2) is 45.8 Å². The Kier molecular flexibility index (Phi) is 2.07. The molecule has 0 saturated heterocycles. The van der Waals surface area contributed by atoms with E-state index in [0.29, 0.717) is 16.4 Å². The van der Waals surface area contributed by atoms with Gasteiger partial charge in [0.25, 0.3) is 0 Å². The van der Waals surface area contributed by atoms with Crippen molar-refractivity contribution in [1.29, 1.82) is 5.26 Å². The number of phenols is 1. The first kappa shape index (κ1) is 10.4. The standard InChI is InChI=1S/C14H7NO3/c15-6-9-7-18-12-4-2-8-1-3-10(16)5-11(8)13(12)14(9)17/h1-5,7,16H. The SMILES string of the molecule is N#Cc1coc2ccc3ccc(O)cc3c2c1=O. The summed E-state index contributed by atoms with van der Waals surface area (Å²) >= 11 is 0. The second-order valence-electron chi connectivity index (χ2n) is 3.93. The zero-order valence-electron chi connectivity index (χ0n) is 9.18. The Labute approximate surface area is 101 Å². The number of rotatable bonds is 0. The summed E-state index contributed by atoms with van der Waals surface area (Å²) in [5, 5.41) is 20.1. The van der Waals surface area contributed by atoms with E-state index in [0.717, 1.165) is 11.6 Å². The van der Waals surface area contributed by atoms with Crippen LogP contribution < -0.4 is 5.43 Å². The number of fused-ring (bicyclic) bond motifs is 3. The molecule has 1 heterocycles. The first-order valence-corrected chi connectivity index (χ1v) is 5.28. The van der Waals surface area contributed by atoms with E-state index in [1.54, 1.807) is 30.3 Å². The smallest absolute Gasteiger partial charge is 0.211 e. The van der Waals surface area contributed by atoms with Crippen LogP contribution in [0.25, 0.3) is 21.7 Å². The highest BCUT2D eigenvalue weighted by Crippen LogP contribution is 2.26. The molecule has 0 fully saturated rings.